The van der Waals surface area contributed by atoms with Crippen LogP contribution in [0.3, 0.4) is 0 Å². The number of aliphatic imine (C=N–C) groups is 1. The summed E-state index contributed by atoms with van der Waals surface area (Å²) in [6.07, 6.45) is 5.14. The van der Waals surface area contributed by atoms with Gasteiger partial charge in [-0.2, -0.15) is 0 Å². The molecule has 0 bridgehead atoms. The molecule has 4 N–H and O–H groups in total. The fraction of sp³-hybridized carbons (Fsp3) is 0.500. The van der Waals surface area contributed by atoms with Gasteiger partial charge in [0.05, 0.1) is 14.6 Å². The van der Waals surface area contributed by atoms with Crippen molar-refractivity contribution < 1.29 is 4.21 Å². The van der Waals surface area contributed by atoms with Gasteiger partial charge in [0.25, 0.3) is 0 Å². The van der Waals surface area contributed by atoms with Crippen LogP contribution in [0.1, 0.15) is 12.8 Å². The maximum Gasteiger partial charge on any atom is 0.0775 e. The van der Waals surface area contributed by atoms with E-state index in [1.165, 1.54) is 25.3 Å². The molecule has 4 nitrogen and oxygen atoms in total. The van der Waals surface area contributed by atoms with E-state index in [9.17, 15) is 4.21 Å². The zero-order valence-electron chi connectivity index (χ0n) is 7.48. The molecule has 0 aromatic heterocycles. The Hall–Kier alpha value is -0.810. The number of rotatable bonds is 4. The molecule has 74 valence electrons. The molecule has 1 unspecified atom stereocenters. The number of hydrogen-bond acceptors (Lipinski definition) is 3. The molecule has 1 atom stereocenters. The summed E-state index contributed by atoms with van der Waals surface area (Å²) in [5, 5.41) is 5.30. The van der Waals surface area contributed by atoms with Gasteiger partial charge in [0.1, 0.15) is 0 Å². The predicted octanol–water partition coefficient (Wildman–Crippen LogP) is -0.143. The maximum atomic E-state index is 11.2. The van der Waals surface area contributed by atoms with Crippen LogP contribution in [0.25, 0.3) is 0 Å². The highest BCUT2D eigenvalue weighted by atomic mass is 32.2. The SMILES string of the molecule is C=S(N)(=O)C(C=NCC1CC1)=CN. The van der Waals surface area contributed by atoms with Crippen molar-refractivity contribution in [3.63, 3.8) is 0 Å². The Kier molecular flexibility index (Phi) is 3.11. The molecule has 0 spiro atoms. The highest BCUT2D eigenvalue weighted by Crippen LogP contribution is 2.28. The minimum Gasteiger partial charge on any atom is -0.404 e. The highest BCUT2D eigenvalue weighted by Gasteiger charge is 2.19. The first-order chi connectivity index (χ1) is 6.04. The third kappa shape index (κ3) is 3.61. The van der Waals surface area contributed by atoms with Crippen molar-refractivity contribution in [2.24, 2.45) is 21.8 Å². The summed E-state index contributed by atoms with van der Waals surface area (Å²) in [4.78, 5) is 4.41. The second-order valence-electron chi connectivity index (χ2n) is 3.23. The van der Waals surface area contributed by atoms with Gasteiger partial charge in [-0.1, -0.05) is 0 Å². The van der Waals surface area contributed by atoms with Crippen molar-refractivity contribution in [2.75, 3.05) is 6.54 Å². The van der Waals surface area contributed by atoms with Crippen LogP contribution in [0.15, 0.2) is 16.1 Å². The summed E-state index contributed by atoms with van der Waals surface area (Å²) in [6.45, 7) is 0.771. The molecule has 1 aliphatic carbocycles. The minimum absolute atomic E-state index is 0.313. The van der Waals surface area contributed by atoms with Crippen LogP contribution in [-0.2, 0) is 9.71 Å². The van der Waals surface area contributed by atoms with Crippen LogP contribution in [-0.4, -0.2) is 22.8 Å². The molecule has 5 heteroatoms. The Balaban J connectivity index is 2.53. The van der Waals surface area contributed by atoms with E-state index < -0.39 is 9.71 Å². The highest BCUT2D eigenvalue weighted by molar-refractivity contribution is 8.02. The average Bonchev–Trinajstić information content (AvgIpc) is 2.78. The van der Waals surface area contributed by atoms with E-state index in [4.69, 9.17) is 10.9 Å². The molecular formula is C8H15N3OS. The van der Waals surface area contributed by atoms with Gasteiger partial charge in [0.15, 0.2) is 0 Å². The molecule has 13 heavy (non-hydrogen) atoms. The Morgan fingerprint density at radius 2 is 2.31 bits per heavy atom. The van der Waals surface area contributed by atoms with E-state index in [0.717, 1.165) is 6.54 Å². The maximum absolute atomic E-state index is 11.2. The summed E-state index contributed by atoms with van der Waals surface area (Å²) in [7, 11) is -2.71. The second kappa shape index (κ2) is 3.93. The van der Waals surface area contributed by atoms with Gasteiger partial charge in [0, 0.05) is 19.0 Å². The van der Waals surface area contributed by atoms with E-state index in [2.05, 4.69) is 10.9 Å². The summed E-state index contributed by atoms with van der Waals surface area (Å²) in [5.74, 6) is 4.02. The molecule has 1 saturated carbocycles. The molecule has 0 radical (unpaired) electrons. The topological polar surface area (TPSA) is 81.5 Å². The molecule has 0 amide bonds. The van der Waals surface area contributed by atoms with Crippen LogP contribution in [0.5, 0.6) is 0 Å². The Bertz CT molecular complexity index is 325. The zero-order valence-corrected chi connectivity index (χ0v) is 8.30. The fourth-order valence-corrected chi connectivity index (χ4v) is 1.32. The van der Waals surface area contributed by atoms with Crippen molar-refractivity contribution in [3.8, 4) is 0 Å². The normalized spacial score (nSPS) is 23.3. The van der Waals surface area contributed by atoms with Gasteiger partial charge in [0.2, 0.25) is 0 Å². The largest absolute Gasteiger partial charge is 0.404 e. The Morgan fingerprint density at radius 3 is 2.69 bits per heavy atom. The van der Waals surface area contributed by atoms with Gasteiger partial charge < -0.3 is 5.73 Å². The third-order valence-corrected chi connectivity index (χ3v) is 2.88. The standard InChI is InChI=1S/C8H15N3OS/c1-13(10,12)8(4-9)6-11-5-7-2-3-7/h4,6-7H,1-3,5,9H2,(H2,10,12). The van der Waals surface area contributed by atoms with Crippen molar-refractivity contribution in [2.45, 2.75) is 12.8 Å². The van der Waals surface area contributed by atoms with E-state index >= 15 is 0 Å². The van der Waals surface area contributed by atoms with E-state index in [0.29, 0.717) is 10.8 Å². The first kappa shape index (κ1) is 10.3. The number of nitrogens with two attached hydrogens (primary N) is 2. The average molecular weight is 201 g/mol. The summed E-state index contributed by atoms with van der Waals surface area (Å²) in [6, 6.07) is 0. The lowest BCUT2D eigenvalue weighted by atomic mass is 10.4. The Labute approximate surface area is 78.9 Å². The smallest absolute Gasteiger partial charge is 0.0775 e. The molecule has 0 heterocycles. The van der Waals surface area contributed by atoms with Crippen molar-refractivity contribution >= 4 is 21.8 Å². The molecule has 0 aromatic rings. The lowest BCUT2D eigenvalue weighted by molar-refractivity contribution is 0.687. The molecule has 1 fully saturated rings. The van der Waals surface area contributed by atoms with E-state index in [-0.39, 0.29) is 0 Å². The first-order valence-corrected chi connectivity index (χ1v) is 5.90. The van der Waals surface area contributed by atoms with Crippen molar-refractivity contribution in [1.29, 1.82) is 0 Å². The van der Waals surface area contributed by atoms with Crippen LogP contribution in [0.2, 0.25) is 0 Å². The molecular weight excluding hydrogens is 186 g/mol. The van der Waals surface area contributed by atoms with E-state index in [1.54, 1.807) is 0 Å². The van der Waals surface area contributed by atoms with Crippen LogP contribution < -0.4 is 10.9 Å². The summed E-state index contributed by atoms with van der Waals surface area (Å²) >= 11 is 0. The van der Waals surface area contributed by atoms with E-state index in [1.807, 2.05) is 0 Å². The monoisotopic (exact) mass is 201 g/mol. The third-order valence-electron chi connectivity index (χ3n) is 1.84. The lowest BCUT2D eigenvalue weighted by Crippen LogP contribution is -2.16. The molecule has 0 aromatic carbocycles. The van der Waals surface area contributed by atoms with Crippen molar-refractivity contribution in [3.05, 3.63) is 11.1 Å². The van der Waals surface area contributed by atoms with Crippen LogP contribution >= 0.6 is 0 Å². The van der Waals surface area contributed by atoms with Crippen LogP contribution in [0, 0.1) is 5.92 Å². The van der Waals surface area contributed by atoms with Crippen molar-refractivity contribution in [1.82, 2.24) is 0 Å². The zero-order chi connectivity index (χ0) is 9.90. The molecule has 1 rings (SSSR count). The van der Waals surface area contributed by atoms with Crippen LogP contribution in [0.4, 0.5) is 0 Å². The van der Waals surface area contributed by atoms with Gasteiger partial charge >= 0.3 is 0 Å². The Morgan fingerprint density at radius 1 is 1.69 bits per heavy atom. The molecule has 0 aliphatic heterocycles. The van der Waals surface area contributed by atoms with Gasteiger partial charge in [-0.3, -0.25) is 10.1 Å². The lowest BCUT2D eigenvalue weighted by Gasteiger charge is -2.00. The number of allylic oxidation sites excluding steroid dienone is 1. The quantitative estimate of drug-likeness (QED) is 0.490. The molecule has 1 aliphatic rings. The van der Waals surface area contributed by atoms with Gasteiger partial charge in [-0.15, -0.1) is 0 Å². The van der Waals surface area contributed by atoms with Gasteiger partial charge in [-0.05, 0) is 24.6 Å². The first-order valence-electron chi connectivity index (χ1n) is 4.11. The number of nitrogens with zero attached hydrogens (tertiary/aromatic N) is 1. The fourth-order valence-electron chi connectivity index (χ4n) is 0.840. The predicted molar refractivity (Wildman–Crippen MR) is 57.8 cm³/mol. The summed E-state index contributed by atoms with van der Waals surface area (Å²) < 4.78 is 11.2. The van der Waals surface area contributed by atoms with Gasteiger partial charge in [-0.25, -0.2) is 4.21 Å². The number of hydrogen-bond donors (Lipinski definition) is 2. The second-order valence-corrected chi connectivity index (χ2v) is 5.16. The molecule has 0 saturated heterocycles. The minimum atomic E-state index is -2.71. The summed E-state index contributed by atoms with van der Waals surface area (Å²) in [5.41, 5.74) is 5.24.